The fourth-order valence-electron chi connectivity index (χ4n) is 3.61. The molecule has 0 amide bonds. The summed E-state index contributed by atoms with van der Waals surface area (Å²) in [6.45, 7) is 0. The van der Waals surface area contributed by atoms with Crippen molar-refractivity contribution in [2.75, 3.05) is 0 Å². The number of azo groups is 1. The van der Waals surface area contributed by atoms with Gasteiger partial charge in [-0.3, -0.25) is 5.32 Å². The standard InChI is InChI=1S/C14H23N3/c1-2-4-6-8-14-10-9-13(16-14,7-5-3-1)11-12-15-17-14/h11-12,16H,1-10H2. The Hall–Kier alpha value is -0.700. The summed E-state index contributed by atoms with van der Waals surface area (Å²) in [6.07, 6.45) is 17.2. The summed E-state index contributed by atoms with van der Waals surface area (Å²) in [5.74, 6) is 0. The molecule has 2 saturated heterocycles. The van der Waals surface area contributed by atoms with Crippen LogP contribution >= 0.6 is 0 Å². The lowest BCUT2D eigenvalue weighted by Crippen LogP contribution is -2.47. The van der Waals surface area contributed by atoms with Gasteiger partial charge in [-0.15, -0.1) is 0 Å². The van der Waals surface area contributed by atoms with E-state index in [1.807, 2.05) is 6.20 Å². The van der Waals surface area contributed by atoms with Gasteiger partial charge in [0, 0.05) is 11.7 Å². The molecule has 3 aliphatic heterocycles. The lowest BCUT2D eigenvalue weighted by Gasteiger charge is -2.29. The maximum atomic E-state index is 4.56. The minimum absolute atomic E-state index is 0.0339. The van der Waals surface area contributed by atoms with Crippen LogP contribution in [0.4, 0.5) is 0 Å². The zero-order valence-electron chi connectivity index (χ0n) is 10.6. The molecule has 0 aromatic heterocycles. The van der Waals surface area contributed by atoms with E-state index in [9.17, 15) is 0 Å². The van der Waals surface area contributed by atoms with Gasteiger partial charge in [0.2, 0.25) is 0 Å². The fraction of sp³-hybridized carbons (Fsp3) is 0.857. The molecule has 2 fully saturated rings. The Morgan fingerprint density at radius 2 is 1.59 bits per heavy atom. The summed E-state index contributed by atoms with van der Waals surface area (Å²) in [7, 11) is 0. The first-order chi connectivity index (χ1) is 8.33. The van der Waals surface area contributed by atoms with Gasteiger partial charge in [-0.05, 0) is 38.2 Å². The molecule has 0 spiro atoms. The van der Waals surface area contributed by atoms with E-state index in [1.54, 1.807) is 0 Å². The predicted octanol–water partition coefficient (Wildman–Crippen LogP) is 3.92. The quantitative estimate of drug-likeness (QED) is 0.676. The lowest BCUT2D eigenvalue weighted by molar-refractivity contribution is 0.296. The van der Waals surface area contributed by atoms with Crippen molar-refractivity contribution in [3.63, 3.8) is 0 Å². The van der Waals surface area contributed by atoms with E-state index in [4.69, 9.17) is 0 Å². The molecular formula is C14H23N3. The maximum Gasteiger partial charge on any atom is 0.132 e. The highest BCUT2D eigenvalue weighted by molar-refractivity contribution is 5.16. The Labute approximate surface area is 104 Å². The molecule has 0 radical (unpaired) electrons. The van der Waals surface area contributed by atoms with Gasteiger partial charge in [0.25, 0.3) is 0 Å². The molecule has 17 heavy (non-hydrogen) atoms. The molecule has 0 aromatic rings. The van der Waals surface area contributed by atoms with Gasteiger partial charge in [-0.1, -0.05) is 32.1 Å². The number of rotatable bonds is 0. The minimum Gasteiger partial charge on any atom is -0.283 e. The number of nitrogens with zero attached hydrogens (tertiary/aromatic N) is 2. The molecule has 2 atom stereocenters. The SMILES string of the molecule is C1=CC23CCCCCCCCC(CC2)(N=N1)N3. The van der Waals surface area contributed by atoms with Crippen LogP contribution in [0.2, 0.25) is 0 Å². The van der Waals surface area contributed by atoms with Gasteiger partial charge < -0.3 is 0 Å². The summed E-state index contributed by atoms with van der Waals surface area (Å²) < 4.78 is 0. The minimum atomic E-state index is -0.0339. The molecule has 2 unspecified atom stereocenters. The highest BCUT2D eigenvalue weighted by Crippen LogP contribution is 2.41. The first-order valence-corrected chi connectivity index (χ1v) is 7.22. The third-order valence-electron chi connectivity index (χ3n) is 4.64. The third kappa shape index (κ3) is 2.30. The molecule has 1 N–H and O–H groups in total. The predicted molar refractivity (Wildman–Crippen MR) is 68.8 cm³/mol. The Morgan fingerprint density at radius 1 is 0.824 bits per heavy atom. The van der Waals surface area contributed by atoms with Crippen LogP contribution in [0.15, 0.2) is 22.5 Å². The van der Waals surface area contributed by atoms with Crippen molar-refractivity contribution >= 4 is 0 Å². The van der Waals surface area contributed by atoms with Gasteiger partial charge in [-0.25, -0.2) is 0 Å². The summed E-state index contributed by atoms with van der Waals surface area (Å²) >= 11 is 0. The van der Waals surface area contributed by atoms with E-state index in [-0.39, 0.29) is 11.2 Å². The molecule has 3 heterocycles. The van der Waals surface area contributed by atoms with Gasteiger partial charge in [0.05, 0.1) is 0 Å². The van der Waals surface area contributed by atoms with Gasteiger partial charge in [-0.2, -0.15) is 10.2 Å². The van der Waals surface area contributed by atoms with E-state index in [0.717, 1.165) is 0 Å². The second-order valence-electron chi connectivity index (χ2n) is 5.97. The van der Waals surface area contributed by atoms with Crippen LogP contribution in [0.5, 0.6) is 0 Å². The van der Waals surface area contributed by atoms with Crippen LogP contribution in [0, 0.1) is 0 Å². The molecule has 0 saturated carbocycles. The highest BCUT2D eigenvalue weighted by atomic mass is 15.3. The lowest BCUT2D eigenvalue weighted by atomic mass is 9.89. The van der Waals surface area contributed by atoms with E-state index in [2.05, 4.69) is 21.6 Å². The van der Waals surface area contributed by atoms with Crippen molar-refractivity contribution in [2.45, 2.75) is 75.4 Å². The van der Waals surface area contributed by atoms with Crippen LogP contribution in [0.25, 0.3) is 0 Å². The maximum absolute atomic E-state index is 4.56. The Morgan fingerprint density at radius 3 is 2.47 bits per heavy atom. The fourth-order valence-corrected chi connectivity index (χ4v) is 3.61. The number of hydrogen-bond donors (Lipinski definition) is 1. The first-order valence-electron chi connectivity index (χ1n) is 7.22. The summed E-state index contributed by atoms with van der Waals surface area (Å²) in [4.78, 5) is 0. The average molecular weight is 233 g/mol. The summed E-state index contributed by atoms with van der Waals surface area (Å²) in [5, 5.41) is 12.6. The van der Waals surface area contributed by atoms with Crippen molar-refractivity contribution in [3.8, 4) is 0 Å². The van der Waals surface area contributed by atoms with Crippen molar-refractivity contribution in [2.24, 2.45) is 10.2 Å². The second kappa shape index (κ2) is 4.52. The zero-order valence-corrected chi connectivity index (χ0v) is 10.6. The normalized spacial score (nSPS) is 41.9. The van der Waals surface area contributed by atoms with Crippen LogP contribution in [-0.4, -0.2) is 11.2 Å². The molecule has 3 aliphatic rings. The largest absolute Gasteiger partial charge is 0.283 e. The molecule has 0 aromatic carbocycles. The molecule has 0 aliphatic carbocycles. The number of nitrogens with one attached hydrogen (secondary N) is 1. The van der Waals surface area contributed by atoms with Crippen LogP contribution in [-0.2, 0) is 0 Å². The number of hydrogen-bond acceptors (Lipinski definition) is 3. The summed E-state index contributed by atoms with van der Waals surface area (Å²) in [6, 6.07) is 0. The topological polar surface area (TPSA) is 36.8 Å². The van der Waals surface area contributed by atoms with E-state index < -0.39 is 0 Å². The Bertz CT molecular complexity index is 304. The summed E-state index contributed by atoms with van der Waals surface area (Å²) in [5.41, 5.74) is 0.168. The third-order valence-corrected chi connectivity index (χ3v) is 4.64. The van der Waals surface area contributed by atoms with Gasteiger partial charge in [0.1, 0.15) is 5.66 Å². The van der Waals surface area contributed by atoms with E-state index in [0.29, 0.717) is 0 Å². The average Bonchev–Trinajstić information content (AvgIpc) is 2.55. The van der Waals surface area contributed by atoms with Crippen LogP contribution in [0.3, 0.4) is 0 Å². The van der Waals surface area contributed by atoms with E-state index >= 15 is 0 Å². The molecule has 94 valence electrons. The zero-order chi connectivity index (χ0) is 11.6. The van der Waals surface area contributed by atoms with Crippen molar-refractivity contribution < 1.29 is 0 Å². The van der Waals surface area contributed by atoms with Gasteiger partial charge in [0.15, 0.2) is 0 Å². The van der Waals surface area contributed by atoms with Crippen LogP contribution < -0.4 is 5.32 Å². The monoisotopic (exact) mass is 233 g/mol. The molecular weight excluding hydrogens is 210 g/mol. The van der Waals surface area contributed by atoms with Crippen molar-refractivity contribution in [1.82, 2.24) is 5.32 Å². The van der Waals surface area contributed by atoms with E-state index in [1.165, 1.54) is 64.2 Å². The smallest absolute Gasteiger partial charge is 0.132 e. The van der Waals surface area contributed by atoms with Gasteiger partial charge >= 0.3 is 0 Å². The van der Waals surface area contributed by atoms with Crippen LogP contribution in [0.1, 0.15) is 64.2 Å². The Kier molecular flexibility index (Phi) is 3.03. The van der Waals surface area contributed by atoms with Crippen molar-refractivity contribution in [1.29, 1.82) is 0 Å². The molecule has 3 heteroatoms. The molecule has 2 bridgehead atoms. The van der Waals surface area contributed by atoms with Crippen molar-refractivity contribution in [3.05, 3.63) is 12.3 Å². The molecule has 3 rings (SSSR count). The Balaban J connectivity index is 1.83. The first kappa shape index (κ1) is 11.4. The molecule has 3 nitrogen and oxygen atoms in total. The second-order valence-corrected chi connectivity index (χ2v) is 5.97. The highest BCUT2D eigenvalue weighted by Gasteiger charge is 2.46.